The van der Waals surface area contributed by atoms with Crippen molar-refractivity contribution in [3.63, 3.8) is 0 Å². The standard InChI is InChI=1S/C18H21N3O2/c22-17(14-6-2-1-3-7-14)12-16-9-5-11-21(16)18(23)20-15-8-4-10-19-13-15/h1-4,6-8,10,13,16-17,22H,5,9,11-12H2,(H,20,23)/t16-,17-/m0/s1. The highest BCUT2D eigenvalue weighted by atomic mass is 16.3. The number of nitrogens with one attached hydrogen (secondary N) is 1. The molecule has 2 aromatic rings. The lowest BCUT2D eigenvalue weighted by molar-refractivity contribution is 0.130. The highest BCUT2D eigenvalue weighted by Crippen LogP contribution is 2.27. The second-order valence-corrected chi connectivity index (χ2v) is 5.82. The third kappa shape index (κ3) is 3.87. The summed E-state index contributed by atoms with van der Waals surface area (Å²) < 4.78 is 0. The van der Waals surface area contributed by atoms with Gasteiger partial charge in [-0.25, -0.2) is 4.79 Å². The van der Waals surface area contributed by atoms with Crippen LogP contribution in [0.4, 0.5) is 10.5 Å². The molecule has 0 unspecified atom stereocenters. The highest BCUT2D eigenvalue weighted by molar-refractivity contribution is 5.89. The summed E-state index contributed by atoms with van der Waals surface area (Å²) in [5.41, 5.74) is 1.58. The van der Waals surface area contributed by atoms with E-state index in [1.807, 2.05) is 41.3 Å². The third-order valence-corrected chi connectivity index (χ3v) is 4.23. The van der Waals surface area contributed by atoms with Crippen molar-refractivity contribution in [2.45, 2.75) is 31.4 Å². The molecule has 5 nitrogen and oxygen atoms in total. The van der Waals surface area contributed by atoms with Crippen molar-refractivity contribution in [3.8, 4) is 0 Å². The number of rotatable bonds is 4. The Hall–Kier alpha value is -2.40. The summed E-state index contributed by atoms with van der Waals surface area (Å²) >= 11 is 0. The van der Waals surface area contributed by atoms with Gasteiger partial charge in [-0.2, -0.15) is 0 Å². The average molecular weight is 311 g/mol. The highest BCUT2D eigenvalue weighted by Gasteiger charge is 2.30. The number of carbonyl (C=O) groups excluding carboxylic acids is 1. The summed E-state index contributed by atoms with van der Waals surface area (Å²) in [5.74, 6) is 0. The molecule has 0 saturated carbocycles. The maximum Gasteiger partial charge on any atom is 0.322 e. The van der Waals surface area contributed by atoms with E-state index in [9.17, 15) is 9.90 Å². The molecule has 2 atom stereocenters. The molecule has 120 valence electrons. The minimum atomic E-state index is -0.548. The van der Waals surface area contributed by atoms with Crippen molar-refractivity contribution in [2.75, 3.05) is 11.9 Å². The van der Waals surface area contributed by atoms with Crippen LogP contribution in [0, 0.1) is 0 Å². The van der Waals surface area contributed by atoms with E-state index in [1.165, 1.54) is 0 Å². The van der Waals surface area contributed by atoms with Gasteiger partial charge in [0.25, 0.3) is 0 Å². The lowest BCUT2D eigenvalue weighted by atomic mass is 10.0. The number of aromatic nitrogens is 1. The molecule has 5 heteroatoms. The third-order valence-electron chi connectivity index (χ3n) is 4.23. The molecule has 1 aliphatic rings. The molecule has 23 heavy (non-hydrogen) atoms. The van der Waals surface area contributed by atoms with Crippen molar-refractivity contribution in [1.29, 1.82) is 0 Å². The normalized spacial score (nSPS) is 18.7. The maximum absolute atomic E-state index is 12.4. The first-order chi connectivity index (χ1) is 11.2. The second kappa shape index (κ2) is 7.24. The zero-order chi connectivity index (χ0) is 16.1. The minimum absolute atomic E-state index is 0.0573. The summed E-state index contributed by atoms with van der Waals surface area (Å²) in [5, 5.41) is 13.3. The van der Waals surface area contributed by atoms with E-state index < -0.39 is 6.10 Å². The quantitative estimate of drug-likeness (QED) is 0.911. The molecule has 2 amide bonds. The van der Waals surface area contributed by atoms with Crippen LogP contribution >= 0.6 is 0 Å². The Bertz CT molecular complexity index is 633. The molecule has 0 spiro atoms. The van der Waals surface area contributed by atoms with Gasteiger partial charge >= 0.3 is 6.03 Å². The van der Waals surface area contributed by atoms with E-state index in [2.05, 4.69) is 10.3 Å². The number of anilines is 1. The Balaban J connectivity index is 1.62. The number of amides is 2. The van der Waals surface area contributed by atoms with E-state index >= 15 is 0 Å². The first kappa shape index (κ1) is 15.5. The van der Waals surface area contributed by atoms with E-state index in [4.69, 9.17) is 0 Å². The second-order valence-electron chi connectivity index (χ2n) is 5.82. The Labute approximate surface area is 136 Å². The summed E-state index contributed by atoms with van der Waals surface area (Å²) in [6.07, 6.45) is 5.20. The monoisotopic (exact) mass is 311 g/mol. The number of aliphatic hydroxyl groups excluding tert-OH is 1. The van der Waals surface area contributed by atoms with Crippen LogP contribution in [0.15, 0.2) is 54.9 Å². The van der Waals surface area contributed by atoms with E-state index in [1.54, 1.807) is 18.5 Å². The van der Waals surface area contributed by atoms with Gasteiger partial charge in [0.2, 0.25) is 0 Å². The number of nitrogens with zero attached hydrogens (tertiary/aromatic N) is 2. The molecule has 1 aliphatic heterocycles. The van der Waals surface area contributed by atoms with Crippen LogP contribution in [0.1, 0.15) is 30.9 Å². The van der Waals surface area contributed by atoms with Crippen molar-refractivity contribution < 1.29 is 9.90 Å². The molecule has 2 N–H and O–H groups in total. The van der Waals surface area contributed by atoms with E-state index in [-0.39, 0.29) is 12.1 Å². The van der Waals surface area contributed by atoms with Gasteiger partial charge in [-0.1, -0.05) is 30.3 Å². The number of hydrogen-bond acceptors (Lipinski definition) is 3. The van der Waals surface area contributed by atoms with Crippen molar-refractivity contribution in [1.82, 2.24) is 9.88 Å². The number of aliphatic hydroxyl groups is 1. The largest absolute Gasteiger partial charge is 0.388 e. The molecule has 0 radical (unpaired) electrons. The van der Waals surface area contributed by atoms with Gasteiger partial charge in [0.05, 0.1) is 18.0 Å². The molecule has 1 saturated heterocycles. The molecule has 0 bridgehead atoms. The Morgan fingerprint density at radius 2 is 2.13 bits per heavy atom. The maximum atomic E-state index is 12.4. The smallest absolute Gasteiger partial charge is 0.322 e. The van der Waals surface area contributed by atoms with E-state index in [0.717, 1.165) is 24.9 Å². The number of hydrogen-bond donors (Lipinski definition) is 2. The topological polar surface area (TPSA) is 65.5 Å². The molecule has 1 aromatic heterocycles. The van der Waals surface area contributed by atoms with Crippen LogP contribution in [-0.2, 0) is 0 Å². The van der Waals surface area contributed by atoms with Crippen LogP contribution in [0.5, 0.6) is 0 Å². The van der Waals surface area contributed by atoms with E-state index in [0.29, 0.717) is 12.1 Å². The van der Waals surface area contributed by atoms with Crippen LogP contribution in [-0.4, -0.2) is 33.6 Å². The minimum Gasteiger partial charge on any atom is -0.388 e. The fourth-order valence-corrected chi connectivity index (χ4v) is 3.05. The summed E-state index contributed by atoms with van der Waals surface area (Å²) in [6, 6.07) is 13.1. The number of urea groups is 1. The Morgan fingerprint density at radius 3 is 2.87 bits per heavy atom. The molecular formula is C18H21N3O2. The number of likely N-dealkylation sites (tertiary alicyclic amines) is 1. The molecule has 2 heterocycles. The fourth-order valence-electron chi connectivity index (χ4n) is 3.05. The molecular weight excluding hydrogens is 290 g/mol. The molecule has 3 rings (SSSR count). The number of benzene rings is 1. The summed E-state index contributed by atoms with van der Waals surface area (Å²) in [6.45, 7) is 0.721. The molecule has 1 aromatic carbocycles. The van der Waals surface area contributed by atoms with Gasteiger partial charge in [0.1, 0.15) is 0 Å². The van der Waals surface area contributed by atoms with Crippen LogP contribution in [0.2, 0.25) is 0 Å². The van der Waals surface area contributed by atoms with Crippen molar-refractivity contribution >= 4 is 11.7 Å². The van der Waals surface area contributed by atoms with Crippen LogP contribution in [0.25, 0.3) is 0 Å². The number of carbonyl (C=O) groups is 1. The summed E-state index contributed by atoms with van der Waals surface area (Å²) in [7, 11) is 0. The zero-order valence-electron chi connectivity index (χ0n) is 12.9. The van der Waals surface area contributed by atoms with Gasteiger partial charge in [0, 0.05) is 18.8 Å². The lowest BCUT2D eigenvalue weighted by Crippen LogP contribution is -2.39. The van der Waals surface area contributed by atoms with Gasteiger partial charge < -0.3 is 15.3 Å². The summed E-state index contributed by atoms with van der Waals surface area (Å²) in [4.78, 5) is 18.3. The zero-order valence-corrected chi connectivity index (χ0v) is 12.9. The van der Waals surface area contributed by atoms with Crippen molar-refractivity contribution in [3.05, 3.63) is 60.4 Å². The fraction of sp³-hybridized carbons (Fsp3) is 0.333. The van der Waals surface area contributed by atoms with Gasteiger partial charge in [-0.3, -0.25) is 4.98 Å². The average Bonchev–Trinajstić information content (AvgIpc) is 3.05. The lowest BCUT2D eigenvalue weighted by Gasteiger charge is -2.27. The predicted octanol–water partition coefficient (Wildman–Crippen LogP) is 3.20. The first-order valence-corrected chi connectivity index (χ1v) is 7.94. The Morgan fingerprint density at radius 1 is 1.30 bits per heavy atom. The molecule has 1 fully saturated rings. The number of pyridine rings is 1. The first-order valence-electron chi connectivity index (χ1n) is 7.94. The van der Waals surface area contributed by atoms with Crippen LogP contribution in [0.3, 0.4) is 0 Å². The van der Waals surface area contributed by atoms with Crippen LogP contribution < -0.4 is 5.32 Å². The van der Waals surface area contributed by atoms with Crippen molar-refractivity contribution in [2.24, 2.45) is 0 Å². The van der Waals surface area contributed by atoms with Gasteiger partial charge in [-0.05, 0) is 37.0 Å². The molecule has 0 aliphatic carbocycles. The van der Waals surface area contributed by atoms with Gasteiger partial charge in [0.15, 0.2) is 0 Å². The van der Waals surface area contributed by atoms with Gasteiger partial charge in [-0.15, -0.1) is 0 Å². The predicted molar refractivity (Wildman–Crippen MR) is 89.0 cm³/mol. The Kier molecular flexibility index (Phi) is 4.88. The SMILES string of the molecule is O=C(Nc1cccnc1)N1CCC[C@H]1C[C@H](O)c1ccccc1.